The Bertz CT molecular complexity index is 1390. The molecule has 3 heterocycles. The highest BCUT2D eigenvalue weighted by Gasteiger charge is 2.45. The van der Waals surface area contributed by atoms with Gasteiger partial charge in [-0.1, -0.05) is 55.3 Å². The zero-order valence-corrected chi connectivity index (χ0v) is 28.2. The Labute approximate surface area is 278 Å². The zero-order chi connectivity index (χ0) is 32.5. The van der Waals surface area contributed by atoms with Gasteiger partial charge in [0.25, 0.3) is 0 Å². The molecule has 1 N–H and O–H groups in total. The second kappa shape index (κ2) is 13.7. The molecule has 1 saturated heterocycles. The third-order valence-electron chi connectivity index (χ3n) is 11.3. The van der Waals surface area contributed by atoms with Gasteiger partial charge in [-0.3, -0.25) is 4.79 Å². The minimum Gasteiger partial charge on any atom is -0.490 e. The maximum Gasteiger partial charge on any atom is 0.343 e. The van der Waals surface area contributed by atoms with Crippen LogP contribution in [-0.4, -0.2) is 74.5 Å². The molecule has 2 fully saturated rings. The Kier molecular flexibility index (Phi) is 9.88. The first-order valence-corrected chi connectivity index (χ1v) is 17.4. The van der Waals surface area contributed by atoms with Gasteiger partial charge in [0.1, 0.15) is 5.75 Å². The molecule has 6 rings (SSSR count). The summed E-state index contributed by atoms with van der Waals surface area (Å²) in [6.07, 6.45) is 17.9. The van der Waals surface area contributed by atoms with Crippen molar-refractivity contribution in [3.05, 3.63) is 59.2 Å². The van der Waals surface area contributed by atoms with Crippen LogP contribution >= 0.6 is 11.6 Å². The van der Waals surface area contributed by atoms with Crippen molar-refractivity contribution in [2.45, 2.75) is 82.5 Å². The van der Waals surface area contributed by atoms with Gasteiger partial charge < -0.3 is 29.1 Å². The van der Waals surface area contributed by atoms with Crippen LogP contribution in [-0.2, 0) is 24.7 Å². The molecule has 2 unspecified atom stereocenters. The largest absolute Gasteiger partial charge is 0.490 e. The van der Waals surface area contributed by atoms with Gasteiger partial charge in [0.05, 0.1) is 31.9 Å². The Morgan fingerprint density at radius 1 is 1.11 bits per heavy atom. The molecule has 8 nitrogen and oxygen atoms in total. The van der Waals surface area contributed by atoms with Gasteiger partial charge in [-0.25, -0.2) is 4.79 Å². The number of aliphatic hydroxyl groups is 1. The lowest BCUT2D eigenvalue weighted by atomic mass is 9.70. The number of esters is 1. The van der Waals surface area contributed by atoms with Crippen LogP contribution in [0.2, 0.25) is 0 Å². The SMILES string of the molecule is COC(=O)[C@@]1(O)CC(=O)N2CCC[C@H]2C/C=C/[C@H](OC)[C@@H]2CC[C@H]2CN2CCCCC3C=C(Cl)C=CC3(C)COc3ccc1cc32. The second-order valence-electron chi connectivity index (χ2n) is 14.2. The van der Waals surface area contributed by atoms with Crippen molar-refractivity contribution in [1.29, 1.82) is 0 Å². The summed E-state index contributed by atoms with van der Waals surface area (Å²) in [4.78, 5) is 31.4. The number of carbonyl (C=O) groups excluding carboxylic acids is 2. The van der Waals surface area contributed by atoms with Crippen LogP contribution in [0.25, 0.3) is 0 Å². The first-order valence-electron chi connectivity index (χ1n) is 17.0. The van der Waals surface area contributed by atoms with E-state index in [1.807, 2.05) is 23.1 Å². The summed E-state index contributed by atoms with van der Waals surface area (Å²) < 4.78 is 17.8. The third kappa shape index (κ3) is 6.50. The van der Waals surface area contributed by atoms with E-state index in [4.69, 9.17) is 25.8 Å². The maximum atomic E-state index is 13.8. The molecule has 0 radical (unpaired) electrons. The monoisotopic (exact) mass is 652 g/mol. The van der Waals surface area contributed by atoms with E-state index in [1.165, 1.54) is 7.11 Å². The van der Waals surface area contributed by atoms with Crippen molar-refractivity contribution in [2.75, 3.05) is 45.4 Å². The van der Waals surface area contributed by atoms with E-state index in [0.717, 1.165) is 75.2 Å². The summed E-state index contributed by atoms with van der Waals surface area (Å²) in [5.74, 6) is 0.653. The number of carbonyl (C=O) groups is 2. The fraction of sp³-hybridized carbons (Fsp3) is 0.622. The molecule has 250 valence electrons. The van der Waals surface area contributed by atoms with Crippen molar-refractivity contribution >= 4 is 29.2 Å². The van der Waals surface area contributed by atoms with E-state index in [-0.39, 0.29) is 35.8 Å². The van der Waals surface area contributed by atoms with Crippen LogP contribution in [0.1, 0.15) is 70.3 Å². The fourth-order valence-corrected chi connectivity index (χ4v) is 8.46. The van der Waals surface area contributed by atoms with E-state index in [1.54, 1.807) is 13.2 Å². The van der Waals surface area contributed by atoms with Crippen LogP contribution in [0.4, 0.5) is 5.69 Å². The molecule has 46 heavy (non-hydrogen) atoms. The molecule has 0 spiro atoms. The minimum absolute atomic E-state index is 0.0130. The van der Waals surface area contributed by atoms with Crippen molar-refractivity contribution in [2.24, 2.45) is 23.2 Å². The number of hydrogen-bond acceptors (Lipinski definition) is 7. The molecule has 1 amide bonds. The molecular formula is C37H49ClN2O6. The highest BCUT2D eigenvalue weighted by atomic mass is 35.5. The number of amides is 1. The highest BCUT2D eigenvalue weighted by molar-refractivity contribution is 6.31. The highest BCUT2D eigenvalue weighted by Crippen LogP contribution is 2.45. The first kappa shape index (κ1) is 33.1. The van der Waals surface area contributed by atoms with Crippen molar-refractivity contribution in [3.8, 4) is 5.75 Å². The summed E-state index contributed by atoms with van der Waals surface area (Å²) in [5.41, 5.74) is -1.21. The van der Waals surface area contributed by atoms with Crippen molar-refractivity contribution < 1.29 is 28.9 Å². The lowest BCUT2D eigenvalue weighted by Crippen LogP contribution is -2.45. The summed E-state index contributed by atoms with van der Waals surface area (Å²) in [5, 5.41) is 12.9. The Morgan fingerprint density at radius 2 is 1.96 bits per heavy atom. The number of anilines is 1. The number of benzene rings is 1. The van der Waals surface area contributed by atoms with Gasteiger partial charge >= 0.3 is 5.97 Å². The van der Waals surface area contributed by atoms with Crippen molar-refractivity contribution in [1.82, 2.24) is 4.90 Å². The average Bonchev–Trinajstić information content (AvgIpc) is 3.51. The standard InChI is InChI=1S/C37H49ClN2O6/c1-36-17-16-28(38)20-26(36)8-4-5-18-39-23-25-12-14-30(25)32(44-2)11-6-9-29-10-7-19-40(29)34(41)22-37(43,35(42)45-3)27-13-15-33(46-24-36)31(39)21-27/h6,11,13,15-17,20-21,25-26,29-30,32,43H,4-5,7-10,12,14,18-19,22-24H2,1-3H3/b11-6+/t25-,26?,29+,30+,32-,36?,37+/m0/s1. The molecule has 2 aliphatic carbocycles. The lowest BCUT2D eigenvalue weighted by Gasteiger charge is -2.44. The second-order valence-corrected chi connectivity index (χ2v) is 14.6. The Hall–Kier alpha value is -2.81. The molecule has 1 aromatic rings. The third-order valence-corrected chi connectivity index (χ3v) is 11.6. The van der Waals surface area contributed by atoms with Crippen LogP contribution < -0.4 is 9.64 Å². The van der Waals surface area contributed by atoms with E-state index in [2.05, 4.69) is 36.1 Å². The molecule has 3 aliphatic heterocycles. The minimum atomic E-state index is -2.14. The number of fused-ring (bicyclic) bond motifs is 4. The number of ether oxygens (including phenoxy) is 3. The molecule has 9 heteroatoms. The normalized spacial score (nSPS) is 35.7. The predicted molar refractivity (Wildman–Crippen MR) is 179 cm³/mol. The quantitative estimate of drug-likeness (QED) is 0.305. The molecule has 2 bridgehead atoms. The Morgan fingerprint density at radius 3 is 2.72 bits per heavy atom. The smallest absolute Gasteiger partial charge is 0.343 e. The Balaban J connectivity index is 1.43. The lowest BCUT2D eigenvalue weighted by molar-refractivity contribution is -0.168. The number of allylic oxidation sites excluding steroid dienone is 3. The number of hydrogen-bond donors (Lipinski definition) is 1. The number of methoxy groups -OCH3 is 2. The molecular weight excluding hydrogens is 604 g/mol. The van der Waals surface area contributed by atoms with Gasteiger partial charge in [-0.2, -0.15) is 0 Å². The van der Waals surface area contributed by atoms with E-state index < -0.39 is 11.6 Å². The van der Waals surface area contributed by atoms with Gasteiger partial charge in [0, 0.05) is 43.2 Å². The molecule has 7 atom stereocenters. The number of halogens is 1. The van der Waals surface area contributed by atoms with E-state index >= 15 is 0 Å². The summed E-state index contributed by atoms with van der Waals surface area (Å²) >= 11 is 6.45. The van der Waals surface area contributed by atoms with Gasteiger partial charge in [-0.05, 0) is 86.5 Å². The first-order chi connectivity index (χ1) is 22.1. The maximum absolute atomic E-state index is 13.8. The molecule has 1 aromatic carbocycles. The van der Waals surface area contributed by atoms with Crippen LogP contribution in [0.3, 0.4) is 0 Å². The summed E-state index contributed by atoms with van der Waals surface area (Å²) in [6, 6.07) is 5.45. The van der Waals surface area contributed by atoms with Gasteiger partial charge in [-0.15, -0.1) is 0 Å². The molecule has 1 saturated carbocycles. The van der Waals surface area contributed by atoms with Gasteiger partial charge in [0.2, 0.25) is 5.91 Å². The van der Waals surface area contributed by atoms with Crippen molar-refractivity contribution in [3.63, 3.8) is 0 Å². The van der Waals surface area contributed by atoms with Gasteiger partial charge in [0.15, 0.2) is 5.60 Å². The summed E-state index contributed by atoms with van der Waals surface area (Å²) in [7, 11) is 3.05. The van der Waals surface area contributed by atoms with Crippen LogP contribution in [0, 0.1) is 23.2 Å². The molecule has 5 aliphatic rings. The number of nitrogens with zero attached hydrogens (tertiary/aromatic N) is 2. The summed E-state index contributed by atoms with van der Waals surface area (Å²) in [6.45, 7) is 4.86. The fourth-order valence-electron chi connectivity index (χ4n) is 8.25. The zero-order valence-electron chi connectivity index (χ0n) is 27.5. The number of rotatable bonds is 2. The van der Waals surface area contributed by atoms with Crippen LogP contribution in [0.5, 0.6) is 5.75 Å². The van der Waals surface area contributed by atoms with Crippen LogP contribution in [0.15, 0.2) is 53.6 Å². The molecule has 0 aromatic heterocycles. The van der Waals surface area contributed by atoms with E-state index in [9.17, 15) is 14.7 Å². The predicted octanol–water partition coefficient (Wildman–Crippen LogP) is 6.11. The van der Waals surface area contributed by atoms with E-state index in [0.29, 0.717) is 36.3 Å². The topological polar surface area (TPSA) is 88.5 Å². The average molecular weight is 653 g/mol.